The lowest BCUT2D eigenvalue weighted by Crippen LogP contribution is -1.70. The van der Waals surface area contributed by atoms with Crippen molar-refractivity contribution in [1.82, 2.24) is 0 Å². The molecule has 0 aliphatic carbocycles. The Kier molecular flexibility index (Phi) is 7.97. The van der Waals surface area contributed by atoms with Gasteiger partial charge in [0.15, 0.2) is 0 Å². The molecule has 0 amide bonds. The maximum Gasteiger partial charge on any atom is 0.0612 e. The highest BCUT2D eigenvalue weighted by atomic mass is 16.2. The lowest BCUT2D eigenvalue weighted by Gasteiger charge is -1.84. The zero-order valence-corrected chi connectivity index (χ0v) is 6.59. The lowest BCUT2D eigenvalue weighted by atomic mass is 10.2. The first-order valence-corrected chi connectivity index (χ1v) is 3.82. The van der Waals surface area contributed by atoms with Gasteiger partial charge in [-0.25, -0.2) is 0 Å². The van der Waals surface area contributed by atoms with E-state index in [1.807, 2.05) is 6.08 Å². The largest absolute Gasteiger partial charge is 0.392 e. The molecule has 0 aromatic carbocycles. The zero-order valence-electron chi connectivity index (χ0n) is 6.59. The van der Waals surface area contributed by atoms with Crippen molar-refractivity contribution in [3.63, 3.8) is 0 Å². The fraction of sp³-hybridized carbons (Fsp3) is 0.556. The molecule has 0 radical (unpaired) electrons. The first kappa shape index (κ1) is 9.44. The van der Waals surface area contributed by atoms with Crippen LogP contribution in [0.4, 0.5) is 0 Å². The minimum absolute atomic E-state index is 0.164. The van der Waals surface area contributed by atoms with Gasteiger partial charge in [0.1, 0.15) is 0 Å². The Morgan fingerprint density at radius 1 is 1.00 bits per heavy atom. The highest BCUT2D eigenvalue weighted by Gasteiger charge is 1.74. The van der Waals surface area contributed by atoms with Gasteiger partial charge in [-0.1, -0.05) is 31.2 Å². The van der Waals surface area contributed by atoms with Crippen molar-refractivity contribution in [2.24, 2.45) is 0 Å². The number of rotatable bonds is 5. The Hall–Kier alpha value is -0.560. The number of aliphatic hydroxyl groups excluding tert-OH is 1. The Labute approximate surface area is 63.1 Å². The lowest BCUT2D eigenvalue weighted by molar-refractivity contribution is 0.342. The summed E-state index contributed by atoms with van der Waals surface area (Å²) in [7, 11) is 0. The molecule has 0 atom stereocenters. The molecule has 0 unspecified atom stereocenters. The zero-order chi connectivity index (χ0) is 7.66. The standard InChI is InChI=1S/C9H16O/c1-2-3-4-5-6-7-8-9-10/h3-4,7-8,10H,2,5-6,9H2,1H3/b4-3?,8-7+. The molecular weight excluding hydrogens is 124 g/mol. The van der Waals surface area contributed by atoms with E-state index in [1.165, 1.54) is 0 Å². The Balaban J connectivity index is 3.04. The summed E-state index contributed by atoms with van der Waals surface area (Å²) in [4.78, 5) is 0. The van der Waals surface area contributed by atoms with E-state index in [0.29, 0.717) is 0 Å². The highest BCUT2D eigenvalue weighted by molar-refractivity contribution is 4.87. The van der Waals surface area contributed by atoms with Crippen LogP contribution in [0.2, 0.25) is 0 Å². The van der Waals surface area contributed by atoms with E-state index in [2.05, 4.69) is 19.1 Å². The molecule has 0 aromatic heterocycles. The predicted octanol–water partition coefficient (Wildman–Crippen LogP) is 2.28. The van der Waals surface area contributed by atoms with Crippen LogP contribution in [0.3, 0.4) is 0 Å². The third-order valence-corrected chi connectivity index (χ3v) is 1.17. The molecule has 0 rings (SSSR count). The Bertz CT molecular complexity index is 89.3. The molecule has 0 fully saturated rings. The van der Waals surface area contributed by atoms with Gasteiger partial charge in [0.2, 0.25) is 0 Å². The smallest absolute Gasteiger partial charge is 0.0612 e. The molecule has 0 saturated carbocycles. The van der Waals surface area contributed by atoms with Crippen LogP contribution in [0.1, 0.15) is 26.2 Å². The molecule has 0 heterocycles. The first-order chi connectivity index (χ1) is 4.91. The topological polar surface area (TPSA) is 20.2 Å². The maximum absolute atomic E-state index is 8.36. The summed E-state index contributed by atoms with van der Waals surface area (Å²) in [6, 6.07) is 0. The predicted molar refractivity (Wildman–Crippen MR) is 44.9 cm³/mol. The molecule has 0 spiro atoms. The second-order valence-electron chi connectivity index (χ2n) is 2.11. The van der Waals surface area contributed by atoms with E-state index in [-0.39, 0.29) is 6.61 Å². The van der Waals surface area contributed by atoms with E-state index in [9.17, 15) is 0 Å². The molecule has 10 heavy (non-hydrogen) atoms. The van der Waals surface area contributed by atoms with Crippen LogP contribution in [0.25, 0.3) is 0 Å². The number of allylic oxidation sites excluding steroid dienone is 3. The quantitative estimate of drug-likeness (QED) is 0.459. The van der Waals surface area contributed by atoms with E-state index >= 15 is 0 Å². The molecule has 1 N–H and O–H groups in total. The molecule has 1 heteroatoms. The van der Waals surface area contributed by atoms with Gasteiger partial charge < -0.3 is 5.11 Å². The minimum Gasteiger partial charge on any atom is -0.392 e. The third-order valence-electron chi connectivity index (χ3n) is 1.17. The molecule has 58 valence electrons. The summed E-state index contributed by atoms with van der Waals surface area (Å²) >= 11 is 0. The summed E-state index contributed by atoms with van der Waals surface area (Å²) in [6.07, 6.45) is 11.3. The molecule has 0 bridgehead atoms. The molecule has 0 aromatic rings. The second kappa shape index (κ2) is 8.44. The van der Waals surface area contributed by atoms with Crippen molar-refractivity contribution < 1.29 is 5.11 Å². The third kappa shape index (κ3) is 7.44. The van der Waals surface area contributed by atoms with Crippen molar-refractivity contribution >= 4 is 0 Å². The van der Waals surface area contributed by atoms with Gasteiger partial charge in [-0.15, -0.1) is 0 Å². The maximum atomic E-state index is 8.36. The fourth-order valence-corrected chi connectivity index (χ4v) is 0.669. The number of hydrogen-bond acceptors (Lipinski definition) is 1. The monoisotopic (exact) mass is 140 g/mol. The van der Waals surface area contributed by atoms with Crippen molar-refractivity contribution in [2.45, 2.75) is 26.2 Å². The van der Waals surface area contributed by atoms with Crippen LogP contribution >= 0.6 is 0 Å². The number of aliphatic hydroxyl groups is 1. The summed E-state index contributed by atoms with van der Waals surface area (Å²) in [5.41, 5.74) is 0. The van der Waals surface area contributed by atoms with Gasteiger partial charge in [0.25, 0.3) is 0 Å². The summed E-state index contributed by atoms with van der Waals surface area (Å²) in [5.74, 6) is 0. The average Bonchev–Trinajstić information content (AvgIpc) is 1.97. The van der Waals surface area contributed by atoms with Gasteiger partial charge in [-0.3, -0.25) is 0 Å². The van der Waals surface area contributed by atoms with Gasteiger partial charge in [0, 0.05) is 0 Å². The molecule has 0 aliphatic heterocycles. The van der Waals surface area contributed by atoms with Crippen LogP contribution in [-0.2, 0) is 0 Å². The SMILES string of the molecule is CCC=CCC/C=C/CO. The summed E-state index contributed by atoms with van der Waals surface area (Å²) in [5, 5.41) is 8.36. The Morgan fingerprint density at radius 3 is 2.10 bits per heavy atom. The summed E-state index contributed by atoms with van der Waals surface area (Å²) in [6.45, 7) is 2.29. The van der Waals surface area contributed by atoms with Crippen LogP contribution < -0.4 is 0 Å². The fourth-order valence-electron chi connectivity index (χ4n) is 0.669. The van der Waals surface area contributed by atoms with E-state index < -0.39 is 0 Å². The minimum atomic E-state index is 0.164. The van der Waals surface area contributed by atoms with Crippen LogP contribution in [0.15, 0.2) is 24.3 Å². The number of unbranched alkanes of at least 4 members (excludes halogenated alkanes) is 1. The van der Waals surface area contributed by atoms with Gasteiger partial charge in [-0.2, -0.15) is 0 Å². The van der Waals surface area contributed by atoms with Crippen molar-refractivity contribution in [3.8, 4) is 0 Å². The van der Waals surface area contributed by atoms with Crippen molar-refractivity contribution in [1.29, 1.82) is 0 Å². The van der Waals surface area contributed by atoms with Crippen LogP contribution in [0.5, 0.6) is 0 Å². The summed E-state index contributed by atoms with van der Waals surface area (Å²) < 4.78 is 0. The normalized spacial score (nSPS) is 11.8. The molecule has 0 saturated heterocycles. The van der Waals surface area contributed by atoms with Gasteiger partial charge in [0.05, 0.1) is 6.61 Å². The molecule has 1 nitrogen and oxygen atoms in total. The van der Waals surface area contributed by atoms with Gasteiger partial charge in [-0.05, 0) is 19.3 Å². The Morgan fingerprint density at radius 2 is 1.60 bits per heavy atom. The van der Waals surface area contributed by atoms with Crippen molar-refractivity contribution in [2.75, 3.05) is 6.61 Å². The van der Waals surface area contributed by atoms with E-state index in [1.54, 1.807) is 6.08 Å². The van der Waals surface area contributed by atoms with E-state index in [4.69, 9.17) is 5.11 Å². The van der Waals surface area contributed by atoms with Gasteiger partial charge >= 0.3 is 0 Å². The van der Waals surface area contributed by atoms with E-state index in [0.717, 1.165) is 19.3 Å². The molecular formula is C9H16O. The average molecular weight is 140 g/mol. The van der Waals surface area contributed by atoms with Crippen LogP contribution in [0, 0.1) is 0 Å². The first-order valence-electron chi connectivity index (χ1n) is 3.82. The second-order valence-corrected chi connectivity index (χ2v) is 2.11. The molecule has 0 aliphatic rings. The van der Waals surface area contributed by atoms with Crippen LogP contribution in [-0.4, -0.2) is 11.7 Å². The highest BCUT2D eigenvalue weighted by Crippen LogP contribution is 1.93. The number of hydrogen-bond donors (Lipinski definition) is 1. The van der Waals surface area contributed by atoms with Crippen molar-refractivity contribution in [3.05, 3.63) is 24.3 Å².